The van der Waals surface area contributed by atoms with Gasteiger partial charge in [0.1, 0.15) is 0 Å². The average Bonchev–Trinajstić information content (AvgIpc) is 2.96. The first-order valence-corrected chi connectivity index (χ1v) is 8.55. The van der Waals surface area contributed by atoms with Gasteiger partial charge in [-0.3, -0.25) is 9.59 Å². The van der Waals surface area contributed by atoms with Crippen LogP contribution in [0.15, 0.2) is 18.2 Å². The minimum Gasteiger partial charge on any atom is -0.384 e. The Bertz CT molecular complexity index is 603. The minimum absolute atomic E-state index is 0.0920. The number of likely N-dealkylation sites (tertiary alicyclic amines) is 1. The van der Waals surface area contributed by atoms with Gasteiger partial charge in [-0.05, 0) is 42.7 Å². The lowest BCUT2D eigenvalue weighted by Crippen LogP contribution is -2.40. The topological polar surface area (TPSA) is 46.6 Å². The number of rotatable bonds is 4. The fraction of sp³-hybridized carbons (Fsp3) is 0.579. The van der Waals surface area contributed by atoms with Crippen molar-refractivity contribution < 1.29 is 14.3 Å². The highest BCUT2D eigenvalue weighted by Crippen LogP contribution is 2.29. The van der Waals surface area contributed by atoms with Gasteiger partial charge in [0.05, 0.1) is 0 Å². The molecule has 23 heavy (non-hydrogen) atoms. The normalized spacial score (nSPS) is 19.7. The van der Waals surface area contributed by atoms with Crippen LogP contribution >= 0.6 is 0 Å². The lowest BCUT2D eigenvalue weighted by Gasteiger charge is -2.35. The number of carbonyl (C=O) groups excluding carboxylic acids is 2. The number of Topliss-reactive ketones (excluding diaryl/α,β-unsaturated/α-hetero) is 1. The van der Waals surface area contributed by atoms with Crippen LogP contribution in [-0.2, 0) is 11.2 Å². The van der Waals surface area contributed by atoms with Gasteiger partial charge in [-0.15, -0.1) is 0 Å². The third kappa shape index (κ3) is 3.18. The van der Waals surface area contributed by atoms with Crippen LogP contribution in [0.2, 0.25) is 0 Å². The lowest BCUT2D eigenvalue weighted by molar-refractivity contribution is 0.0597. The number of ketones is 1. The Labute approximate surface area is 137 Å². The second kappa shape index (κ2) is 6.83. The summed E-state index contributed by atoms with van der Waals surface area (Å²) in [4.78, 5) is 26.7. The molecule has 0 spiro atoms. The van der Waals surface area contributed by atoms with Gasteiger partial charge in [-0.2, -0.15) is 0 Å². The maximum Gasteiger partial charge on any atom is 0.254 e. The summed E-state index contributed by atoms with van der Waals surface area (Å²) in [7, 11) is 1.74. The second-order valence-corrected chi connectivity index (χ2v) is 6.82. The summed E-state index contributed by atoms with van der Waals surface area (Å²) in [6.07, 6.45) is 3.31. The van der Waals surface area contributed by atoms with E-state index in [-0.39, 0.29) is 11.7 Å². The molecule has 1 fully saturated rings. The maximum absolute atomic E-state index is 12.9. The summed E-state index contributed by atoms with van der Waals surface area (Å²) >= 11 is 0. The lowest BCUT2D eigenvalue weighted by atomic mass is 9.85. The van der Waals surface area contributed by atoms with Gasteiger partial charge in [0, 0.05) is 44.4 Å². The van der Waals surface area contributed by atoms with E-state index in [2.05, 4.69) is 6.92 Å². The van der Waals surface area contributed by atoms with Gasteiger partial charge in [-0.25, -0.2) is 0 Å². The van der Waals surface area contributed by atoms with E-state index in [9.17, 15) is 9.59 Å². The van der Waals surface area contributed by atoms with E-state index in [1.54, 1.807) is 7.11 Å². The Morgan fingerprint density at radius 1 is 1.30 bits per heavy atom. The Balaban J connectivity index is 1.68. The van der Waals surface area contributed by atoms with E-state index in [1.807, 2.05) is 23.1 Å². The van der Waals surface area contributed by atoms with Crippen molar-refractivity contribution in [3.8, 4) is 0 Å². The molecule has 0 radical (unpaired) electrons. The molecule has 1 aromatic rings. The first-order valence-electron chi connectivity index (χ1n) is 8.55. The van der Waals surface area contributed by atoms with E-state index in [1.165, 1.54) is 0 Å². The fourth-order valence-electron chi connectivity index (χ4n) is 3.93. The molecule has 1 aliphatic heterocycles. The van der Waals surface area contributed by atoms with Crippen molar-refractivity contribution in [2.24, 2.45) is 11.8 Å². The van der Waals surface area contributed by atoms with Crippen molar-refractivity contribution in [3.63, 3.8) is 0 Å². The molecule has 1 amide bonds. The quantitative estimate of drug-likeness (QED) is 0.858. The highest BCUT2D eigenvalue weighted by molar-refractivity contribution is 6.05. The molecule has 0 saturated carbocycles. The van der Waals surface area contributed by atoms with Gasteiger partial charge in [-0.1, -0.05) is 19.1 Å². The van der Waals surface area contributed by atoms with Crippen LogP contribution in [0.5, 0.6) is 0 Å². The molecule has 0 bridgehead atoms. The number of hydrogen-bond donors (Lipinski definition) is 0. The number of ether oxygens (including phenoxy) is 1. The molecule has 1 aromatic carbocycles. The van der Waals surface area contributed by atoms with Crippen LogP contribution < -0.4 is 0 Å². The summed E-state index contributed by atoms with van der Waals surface area (Å²) in [5.74, 6) is 1.43. The predicted molar refractivity (Wildman–Crippen MR) is 88.8 cm³/mol. The number of hydrogen-bond acceptors (Lipinski definition) is 3. The third-order valence-corrected chi connectivity index (χ3v) is 5.37. The number of methoxy groups -OCH3 is 1. The van der Waals surface area contributed by atoms with Gasteiger partial charge >= 0.3 is 0 Å². The summed E-state index contributed by atoms with van der Waals surface area (Å²) in [5.41, 5.74) is 2.44. The van der Waals surface area contributed by atoms with Gasteiger partial charge in [0.15, 0.2) is 5.78 Å². The fourth-order valence-corrected chi connectivity index (χ4v) is 3.93. The number of piperidine rings is 1. The molecule has 0 N–H and O–H groups in total. The van der Waals surface area contributed by atoms with Crippen LogP contribution in [0.1, 0.15) is 52.5 Å². The van der Waals surface area contributed by atoms with E-state index in [0.29, 0.717) is 24.7 Å². The van der Waals surface area contributed by atoms with Crippen LogP contribution in [0.3, 0.4) is 0 Å². The molecule has 3 rings (SSSR count). The monoisotopic (exact) mass is 315 g/mol. The number of benzene rings is 1. The van der Waals surface area contributed by atoms with Crippen molar-refractivity contribution in [1.82, 2.24) is 4.90 Å². The standard InChI is InChI=1S/C19H25NO3/c1-13(12-23-2)14-8-10-20(11-9-14)19(22)17-5-3-4-16-15(17)6-7-18(16)21/h3-5,13-14H,6-12H2,1-2H3/t13-/m1/s1. The SMILES string of the molecule is COC[C@@H](C)C1CCN(C(=O)c2cccc3c2CCC3=O)CC1. The Hall–Kier alpha value is -1.68. The second-order valence-electron chi connectivity index (χ2n) is 6.82. The molecule has 124 valence electrons. The van der Waals surface area contributed by atoms with E-state index in [0.717, 1.165) is 49.2 Å². The Morgan fingerprint density at radius 3 is 2.74 bits per heavy atom. The Morgan fingerprint density at radius 2 is 2.04 bits per heavy atom. The number of nitrogens with zero attached hydrogens (tertiary/aromatic N) is 1. The zero-order valence-corrected chi connectivity index (χ0v) is 14.0. The number of fused-ring (bicyclic) bond motifs is 1. The Kier molecular flexibility index (Phi) is 4.81. The van der Waals surface area contributed by atoms with Crippen molar-refractivity contribution in [3.05, 3.63) is 34.9 Å². The highest BCUT2D eigenvalue weighted by Gasteiger charge is 2.30. The van der Waals surface area contributed by atoms with E-state index >= 15 is 0 Å². The largest absolute Gasteiger partial charge is 0.384 e. The van der Waals surface area contributed by atoms with Crippen molar-refractivity contribution >= 4 is 11.7 Å². The summed E-state index contributed by atoms with van der Waals surface area (Å²) in [5, 5.41) is 0. The molecule has 1 heterocycles. The smallest absolute Gasteiger partial charge is 0.254 e. The number of amides is 1. The van der Waals surface area contributed by atoms with Crippen LogP contribution in [0, 0.1) is 11.8 Å². The van der Waals surface area contributed by atoms with Gasteiger partial charge in [0.25, 0.3) is 5.91 Å². The molecule has 4 heteroatoms. The molecule has 0 aromatic heterocycles. The van der Waals surface area contributed by atoms with Crippen LogP contribution in [0.4, 0.5) is 0 Å². The molecular formula is C19H25NO3. The summed E-state index contributed by atoms with van der Waals surface area (Å²) in [6.45, 7) is 4.61. The van der Waals surface area contributed by atoms with Gasteiger partial charge in [0.2, 0.25) is 0 Å². The van der Waals surface area contributed by atoms with Gasteiger partial charge < -0.3 is 9.64 Å². The summed E-state index contributed by atoms with van der Waals surface area (Å²) in [6, 6.07) is 5.56. The van der Waals surface area contributed by atoms with Crippen molar-refractivity contribution in [1.29, 1.82) is 0 Å². The molecule has 4 nitrogen and oxygen atoms in total. The minimum atomic E-state index is 0.0920. The average molecular weight is 315 g/mol. The van der Waals surface area contributed by atoms with E-state index in [4.69, 9.17) is 4.74 Å². The molecule has 2 aliphatic rings. The highest BCUT2D eigenvalue weighted by atomic mass is 16.5. The maximum atomic E-state index is 12.9. The third-order valence-electron chi connectivity index (χ3n) is 5.37. The molecule has 1 saturated heterocycles. The molecule has 1 atom stereocenters. The van der Waals surface area contributed by atoms with Crippen LogP contribution in [0.25, 0.3) is 0 Å². The first-order chi connectivity index (χ1) is 11.1. The zero-order valence-electron chi connectivity index (χ0n) is 14.0. The van der Waals surface area contributed by atoms with Crippen LogP contribution in [-0.4, -0.2) is 43.4 Å². The summed E-state index contributed by atoms with van der Waals surface area (Å²) < 4.78 is 5.25. The molecule has 0 unspecified atom stereocenters. The van der Waals surface area contributed by atoms with Crippen molar-refractivity contribution in [2.75, 3.05) is 26.8 Å². The number of carbonyl (C=O) groups is 2. The van der Waals surface area contributed by atoms with Crippen molar-refractivity contribution in [2.45, 2.75) is 32.6 Å². The molecular weight excluding hydrogens is 290 g/mol. The first kappa shape index (κ1) is 16.2. The molecule has 1 aliphatic carbocycles. The zero-order chi connectivity index (χ0) is 16.4. The predicted octanol–water partition coefficient (Wildman–Crippen LogP) is 2.95. The van der Waals surface area contributed by atoms with E-state index < -0.39 is 0 Å².